The number of anilines is 3. The second-order valence-electron chi connectivity index (χ2n) is 15.3. The Morgan fingerprint density at radius 2 is 0.393 bits per heavy atom. The molecule has 0 aliphatic heterocycles. The molecular formula is C60H43N. The van der Waals surface area contributed by atoms with E-state index in [-0.39, 0.29) is 0 Å². The molecule has 10 rings (SSSR count). The SMILES string of the molecule is c1ccc(-c2ccc(N(c3ccc(-c4cc(-c5ccccc5)ccc4-c4ccccc4)cc3)c3ccc(-c4cc(-c5ccccc5)ccc4-c4ccccc4)cc3)cc2)cc1. The summed E-state index contributed by atoms with van der Waals surface area (Å²) >= 11 is 0. The molecule has 0 unspecified atom stereocenters. The van der Waals surface area contributed by atoms with E-state index in [1.165, 1.54) is 77.9 Å². The zero-order valence-corrected chi connectivity index (χ0v) is 33.8. The van der Waals surface area contributed by atoms with Gasteiger partial charge in [0.25, 0.3) is 0 Å². The zero-order chi connectivity index (χ0) is 40.8. The molecule has 0 atom stereocenters. The van der Waals surface area contributed by atoms with Gasteiger partial charge >= 0.3 is 0 Å². The monoisotopic (exact) mass is 777 g/mol. The van der Waals surface area contributed by atoms with Crippen molar-refractivity contribution in [2.75, 3.05) is 4.90 Å². The van der Waals surface area contributed by atoms with Crippen molar-refractivity contribution in [3.05, 3.63) is 261 Å². The summed E-state index contributed by atoms with van der Waals surface area (Å²) in [5.74, 6) is 0. The van der Waals surface area contributed by atoms with Crippen LogP contribution in [-0.2, 0) is 0 Å². The van der Waals surface area contributed by atoms with Crippen LogP contribution in [0.25, 0.3) is 77.9 Å². The summed E-state index contributed by atoms with van der Waals surface area (Å²) in [7, 11) is 0. The van der Waals surface area contributed by atoms with Crippen LogP contribution in [-0.4, -0.2) is 0 Å². The summed E-state index contributed by atoms with van der Waals surface area (Å²) in [4.78, 5) is 2.36. The Kier molecular flexibility index (Phi) is 10.4. The largest absolute Gasteiger partial charge is 0.311 e. The molecule has 0 N–H and O–H groups in total. The van der Waals surface area contributed by atoms with Crippen LogP contribution in [0.1, 0.15) is 0 Å². The predicted octanol–water partition coefficient (Wildman–Crippen LogP) is 16.8. The van der Waals surface area contributed by atoms with Gasteiger partial charge in [-0.2, -0.15) is 0 Å². The van der Waals surface area contributed by atoms with Crippen LogP contribution in [0.3, 0.4) is 0 Å². The van der Waals surface area contributed by atoms with Crippen LogP contribution in [0.15, 0.2) is 261 Å². The molecule has 0 bridgehead atoms. The third-order valence-corrected chi connectivity index (χ3v) is 11.5. The molecule has 0 heterocycles. The minimum absolute atomic E-state index is 1.08. The van der Waals surface area contributed by atoms with Crippen molar-refractivity contribution in [2.24, 2.45) is 0 Å². The summed E-state index contributed by atoms with van der Waals surface area (Å²) in [6, 6.07) is 94.0. The Hall–Kier alpha value is -8.00. The van der Waals surface area contributed by atoms with Crippen LogP contribution in [0.5, 0.6) is 0 Å². The van der Waals surface area contributed by atoms with Crippen LogP contribution in [0, 0.1) is 0 Å². The lowest BCUT2D eigenvalue weighted by Crippen LogP contribution is -2.09. The van der Waals surface area contributed by atoms with E-state index in [2.05, 4.69) is 266 Å². The third-order valence-electron chi connectivity index (χ3n) is 11.5. The Morgan fingerprint density at radius 3 is 0.721 bits per heavy atom. The molecule has 0 saturated heterocycles. The number of rotatable bonds is 10. The molecule has 288 valence electrons. The van der Waals surface area contributed by atoms with Gasteiger partial charge in [-0.25, -0.2) is 0 Å². The molecule has 10 aromatic rings. The molecule has 0 radical (unpaired) electrons. The smallest absolute Gasteiger partial charge is 0.0462 e. The molecule has 1 heteroatoms. The van der Waals surface area contributed by atoms with E-state index >= 15 is 0 Å². The van der Waals surface area contributed by atoms with E-state index in [4.69, 9.17) is 0 Å². The fourth-order valence-corrected chi connectivity index (χ4v) is 8.39. The van der Waals surface area contributed by atoms with Gasteiger partial charge < -0.3 is 4.90 Å². The highest BCUT2D eigenvalue weighted by Gasteiger charge is 2.17. The zero-order valence-electron chi connectivity index (χ0n) is 33.8. The highest BCUT2D eigenvalue weighted by Crippen LogP contribution is 2.42. The Balaban J connectivity index is 1.06. The molecule has 0 aromatic heterocycles. The Labute approximate surface area is 359 Å². The lowest BCUT2D eigenvalue weighted by Gasteiger charge is -2.26. The predicted molar refractivity (Wildman–Crippen MR) is 259 cm³/mol. The second-order valence-corrected chi connectivity index (χ2v) is 15.3. The van der Waals surface area contributed by atoms with Crippen molar-refractivity contribution in [3.63, 3.8) is 0 Å². The maximum atomic E-state index is 2.36. The topological polar surface area (TPSA) is 3.24 Å². The van der Waals surface area contributed by atoms with Crippen molar-refractivity contribution >= 4 is 17.1 Å². The summed E-state index contributed by atoms with van der Waals surface area (Å²) in [5.41, 5.74) is 20.0. The van der Waals surface area contributed by atoms with Crippen molar-refractivity contribution in [1.82, 2.24) is 0 Å². The van der Waals surface area contributed by atoms with Crippen LogP contribution < -0.4 is 4.90 Å². The van der Waals surface area contributed by atoms with Gasteiger partial charge in [0, 0.05) is 17.1 Å². The summed E-state index contributed by atoms with van der Waals surface area (Å²) in [6.07, 6.45) is 0. The highest BCUT2D eigenvalue weighted by molar-refractivity contribution is 5.90. The van der Waals surface area contributed by atoms with E-state index in [0.29, 0.717) is 0 Å². The van der Waals surface area contributed by atoms with Gasteiger partial charge in [0.2, 0.25) is 0 Å². The first kappa shape index (κ1) is 37.3. The summed E-state index contributed by atoms with van der Waals surface area (Å²) < 4.78 is 0. The van der Waals surface area contributed by atoms with Crippen LogP contribution in [0.2, 0.25) is 0 Å². The fraction of sp³-hybridized carbons (Fsp3) is 0. The minimum atomic E-state index is 1.08. The maximum Gasteiger partial charge on any atom is 0.0462 e. The quantitative estimate of drug-likeness (QED) is 0.134. The van der Waals surface area contributed by atoms with Gasteiger partial charge in [-0.1, -0.05) is 212 Å². The lowest BCUT2D eigenvalue weighted by atomic mass is 9.90. The molecule has 0 fully saturated rings. The number of nitrogens with zero attached hydrogens (tertiary/aromatic N) is 1. The second kappa shape index (κ2) is 17.1. The fourth-order valence-electron chi connectivity index (χ4n) is 8.39. The lowest BCUT2D eigenvalue weighted by molar-refractivity contribution is 1.28. The average Bonchev–Trinajstić information content (AvgIpc) is 3.36. The number of hydrogen-bond donors (Lipinski definition) is 0. The Bertz CT molecular complexity index is 2830. The first-order chi connectivity index (χ1) is 30.2. The van der Waals surface area contributed by atoms with E-state index < -0.39 is 0 Å². The van der Waals surface area contributed by atoms with Gasteiger partial charge in [0.15, 0.2) is 0 Å². The molecule has 1 nitrogen and oxygen atoms in total. The van der Waals surface area contributed by atoms with Crippen molar-refractivity contribution in [2.45, 2.75) is 0 Å². The van der Waals surface area contributed by atoms with Gasteiger partial charge in [0.1, 0.15) is 0 Å². The number of hydrogen-bond acceptors (Lipinski definition) is 1. The molecular weight excluding hydrogens is 735 g/mol. The molecule has 10 aromatic carbocycles. The molecule has 0 aliphatic rings. The van der Waals surface area contributed by atoms with E-state index in [1.54, 1.807) is 0 Å². The summed E-state index contributed by atoms with van der Waals surface area (Å²) in [6.45, 7) is 0. The van der Waals surface area contributed by atoms with Crippen LogP contribution >= 0.6 is 0 Å². The Morgan fingerprint density at radius 1 is 0.164 bits per heavy atom. The number of benzene rings is 10. The minimum Gasteiger partial charge on any atom is -0.311 e. The van der Waals surface area contributed by atoms with E-state index in [1.807, 2.05) is 0 Å². The van der Waals surface area contributed by atoms with E-state index in [9.17, 15) is 0 Å². The molecule has 0 aliphatic carbocycles. The maximum absolute atomic E-state index is 2.36. The van der Waals surface area contributed by atoms with Gasteiger partial charge in [0.05, 0.1) is 0 Å². The van der Waals surface area contributed by atoms with Gasteiger partial charge in [-0.3, -0.25) is 0 Å². The van der Waals surface area contributed by atoms with Crippen molar-refractivity contribution in [3.8, 4) is 77.9 Å². The van der Waals surface area contributed by atoms with E-state index in [0.717, 1.165) is 17.1 Å². The molecule has 61 heavy (non-hydrogen) atoms. The van der Waals surface area contributed by atoms with Gasteiger partial charge in [-0.15, -0.1) is 0 Å². The molecule has 0 saturated carbocycles. The summed E-state index contributed by atoms with van der Waals surface area (Å²) in [5, 5.41) is 0. The molecule has 0 spiro atoms. The normalized spacial score (nSPS) is 11.0. The van der Waals surface area contributed by atoms with Crippen molar-refractivity contribution < 1.29 is 0 Å². The van der Waals surface area contributed by atoms with Crippen molar-refractivity contribution in [1.29, 1.82) is 0 Å². The molecule has 0 amide bonds. The first-order valence-electron chi connectivity index (χ1n) is 20.9. The van der Waals surface area contributed by atoms with Crippen LogP contribution in [0.4, 0.5) is 17.1 Å². The van der Waals surface area contributed by atoms with Gasteiger partial charge in [-0.05, 0) is 126 Å². The first-order valence-corrected chi connectivity index (χ1v) is 20.9. The standard InChI is InChI=1S/C60H43N/c1-6-16-44(17-7-1)47-26-34-54(35-27-47)61(55-36-28-50(29-37-55)59-42-52(45-18-8-2-9-19-45)32-40-57(59)48-22-12-4-13-23-48)56-38-30-51(31-39-56)60-43-53(46-20-10-3-11-21-46)33-41-58(60)49-24-14-5-15-25-49/h1-43H. The highest BCUT2D eigenvalue weighted by atomic mass is 15.1. The third kappa shape index (κ3) is 7.93. The average molecular weight is 778 g/mol.